The Labute approximate surface area is 706 Å². The van der Waals surface area contributed by atoms with Gasteiger partial charge in [0.2, 0.25) is 0 Å². The van der Waals surface area contributed by atoms with Gasteiger partial charge in [-0.2, -0.15) is 0 Å². The van der Waals surface area contributed by atoms with Crippen molar-refractivity contribution >= 4 is 69.6 Å². The van der Waals surface area contributed by atoms with Gasteiger partial charge in [0.25, 0.3) is 0 Å². The van der Waals surface area contributed by atoms with E-state index in [0.717, 1.165) is 128 Å². The van der Waals surface area contributed by atoms with Crippen molar-refractivity contribution in [2.45, 2.75) is 145 Å². The number of hydrogen-bond donors (Lipinski definition) is 0. The minimum absolute atomic E-state index is 0.433. The molecule has 0 N–H and O–H groups in total. The molecule has 0 saturated heterocycles. The fourth-order valence-electron chi connectivity index (χ4n) is 12.0. The maximum absolute atomic E-state index is 6.20. The summed E-state index contributed by atoms with van der Waals surface area (Å²) in [6.45, 7) is 31.0. The lowest BCUT2D eigenvalue weighted by Gasteiger charge is -2.12. The van der Waals surface area contributed by atoms with E-state index in [1.807, 2.05) is 213 Å². The summed E-state index contributed by atoms with van der Waals surface area (Å²) in [6, 6.07) is 80.6. The molecule has 0 radical (unpaired) electrons. The predicted molar refractivity (Wildman–Crippen MR) is 486 cm³/mol. The van der Waals surface area contributed by atoms with Crippen LogP contribution in [0.1, 0.15) is 183 Å². The highest BCUT2D eigenvalue weighted by Crippen LogP contribution is 2.36. The predicted octanol–water partition coefficient (Wildman–Crippen LogP) is 31.0. The van der Waals surface area contributed by atoms with Crippen LogP contribution < -0.4 is 4.74 Å². The molecule has 7 aromatic heterocycles. The third kappa shape index (κ3) is 26.6. The molecule has 584 valence electrons. The van der Waals surface area contributed by atoms with Crippen LogP contribution in [0.2, 0.25) is 30.1 Å². The molecule has 114 heavy (non-hydrogen) atoms. The molecular formula is C100H101Cl6N7O. The first kappa shape index (κ1) is 88.1. The van der Waals surface area contributed by atoms with Gasteiger partial charge in [-0.15, -0.1) is 0 Å². The molecule has 15 rings (SSSR count). The van der Waals surface area contributed by atoms with Crippen molar-refractivity contribution < 1.29 is 4.74 Å². The lowest BCUT2D eigenvalue weighted by molar-refractivity contribution is 0.357. The third-order valence-electron chi connectivity index (χ3n) is 18.8. The molecule has 0 bridgehead atoms. The van der Waals surface area contributed by atoms with Crippen molar-refractivity contribution in [3.8, 4) is 83.9 Å². The van der Waals surface area contributed by atoms with Gasteiger partial charge in [0.15, 0.2) is 0 Å². The van der Waals surface area contributed by atoms with E-state index in [-0.39, 0.29) is 0 Å². The Balaban J connectivity index is 0.000000152. The van der Waals surface area contributed by atoms with Crippen LogP contribution in [0.5, 0.6) is 5.75 Å². The van der Waals surface area contributed by atoms with Crippen molar-refractivity contribution in [2.24, 2.45) is 0 Å². The summed E-state index contributed by atoms with van der Waals surface area (Å²) in [7, 11) is 0. The summed E-state index contributed by atoms with van der Waals surface area (Å²) in [5.74, 6) is 4.25. The molecule has 1 aliphatic heterocycles. The highest BCUT2D eigenvalue weighted by molar-refractivity contribution is 6.34. The van der Waals surface area contributed by atoms with E-state index >= 15 is 0 Å². The second kappa shape index (κ2) is 44.1. The van der Waals surface area contributed by atoms with Crippen LogP contribution in [0.4, 0.5) is 0 Å². The quantitative estimate of drug-likeness (QED) is 0.106. The first-order valence-electron chi connectivity index (χ1n) is 38.8. The van der Waals surface area contributed by atoms with Gasteiger partial charge in [0.05, 0.1) is 18.0 Å². The zero-order valence-electron chi connectivity index (χ0n) is 67.5. The smallest absolute Gasteiger partial charge is 0.122 e. The van der Waals surface area contributed by atoms with Gasteiger partial charge in [-0.3, -0.25) is 34.9 Å². The molecule has 0 atom stereocenters. The van der Waals surface area contributed by atoms with Crippen LogP contribution >= 0.6 is 69.6 Å². The number of rotatable bonds is 14. The molecule has 0 fully saturated rings. The topological polar surface area (TPSA) is 99.5 Å². The maximum Gasteiger partial charge on any atom is 0.122 e. The van der Waals surface area contributed by atoms with Crippen molar-refractivity contribution in [1.82, 2.24) is 34.9 Å². The Morgan fingerprint density at radius 3 is 1.22 bits per heavy atom. The highest BCUT2D eigenvalue weighted by atomic mass is 35.5. The summed E-state index contributed by atoms with van der Waals surface area (Å²) >= 11 is 36.1. The molecule has 7 aromatic carbocycles. The van der Waals surface area contributed by atoms with Crippen molar-refractivity contribution in [2.75, 3.05) is 6.61 Å². The summed E-state index contributed by atoms with van der Waals surface area (Å²) in [4.78, 5) is 30.8. The van der Waals surface area contributed by atoms with Gasteiger partial charge in [-0.1, -0.05) is 264 Å². The Morgan fingerprint density at radius 1 is 0.289 bits per heavy atom. The SMILES string of the molecule is CC(C)c1cc(-c2ccc(Cl)cc2)ccn1.CC(C)c1cc(-c2cccc(Cl)c2)ccn1.CC(C)c1cc(-c2ccccc2Cl)ccn1.CC(C)c1cccc(-c2ccc3c(c2)CCO3)n1.CC(C)c1cccnc1-c1ccccc1Cl.CC(C)c1cncc(-c2ccc(Cl)cc2)c1.CC(C)c1cncc(-c2cccc(Cl)c2)c1. The van der Waals surface area contributed by atoms with E-state index in [1.165, 1.54) is 44.5 Å². The van der Waals surface area contributed by atoms with E-state index in [1.54, 1.807) is 0 Å². The van der Waals surface area contributed by atoms with Gasteiger partial charge in [0, 0.05) is 137 Å². The van der Waals surface area contributed by atoms with E-state index in [2.05, 4.69) is 206 Å². The second-order valence-electron chi connectivity index (χ2n) is 29.8. The molecule has 0 aliphatic carbocycles. The molecule has 8 heterocycles. The fraction of sp³-hybridized carbons (Fsp3) is 0.230. The van der Waals surface area contributed by atoms with Crippen molar-refractivity contribution in [3.63, 3.8) is 0 Å². The van der Waals surface area contributed by atoms with Crippen LogP contribution in [-0.2, 0) is 6.42 Å². The van der Waals surface area contributed by atoms with Gasteiger partial charge >= 0.3 is 0 Å². The first-order valence-corrected chi connectivity index (χ1v) is 41.0. The van der Waals surface area contributed by atoms with E-state index in [0.29, 0.717) is 41.4 Å². The Bertz CT molecular complexity index is 5170. The van der Waals surface area contributed by atoms with E-state index < -0.39 is 0 Å². The number of benzene rings is 7. The number of ether oxygens (including phenoxy) is 1. The second-order valence-corrected chi connectivity index (χ2v) is 32.4. The van der Waals surface area contributed by atoms with Crippen LogP contribution in [0.15, 0.2) is 292 Å². The Hall–Kier alpha value is -9.87. The zero-order valence-corrected chi connectivity index (χ0v) is 72.0. The number of nitrogens with zero attached hydrogens (tertiary/aromatic N) is 7. The van der Waals surface area contributed by atoms with Crippen LogP contribution in [-0.4, -0.2) is 41.5 Å². The van der Waals surface area contributed by atoms with Crippen LogP contribution in [0.25, 0.3) is 78.1 Å². The molecule has 0 spiro atoms. The summed E-state index contributed by atoms with van der Waals surface area (Å²) in [6.07, 6.45) is 16.0. The fourth-order valence-corrected chi connectivity index (χ4v) is 13.1. The average Bonchev–Trinajstić information content (AvgIpc) is 1.27. The monoisotopic (exact) mass is 1630 g/mol. The minimum atomic E-state index is 0.433. The Morgan fingerprint density at radius 2 is 0.728 bits per heavy atom. The summed E-state index contributed by atoms with van der Waals surface area (Å²) in [5.41, 5.74) is 25.1. The number of aromatic nitrogens is 7. The highest BCUT2D eigenvalue weighted by Gasteiger charge is 2.16. The number of halogens is 6. The maximum atomic E-state index is 6.20. The molecule has 0 unspecified atom stereocenters. The lowest BCUT2D eigenvalue weighted by atomic mass is 9.97. The van der Waals surface area contributed by atoms with Crippen LogP contribution in [0.3, 0.4) is 0 Å². The van der Waals surface area contributed by atoms with Gasteiger partial charge < -0.3 is 4.74 Å². The van der Waals surface area contributed by atoms with Crippen molar-refractivity contribution in [1.29, 1.82) is 0 Å². The number of hydrogen-bond acceptors (Lipinski definition) is 8. The van der Waals surface area contributed by atoms with E-state index in [9.17, 15) is 0 Å². The minimum Gasteiger partial charge on any atom is -0.493 e. The standard InChI is InChI=1S/C16H17NO.6C14H14ClN/c1-11(2)14-4-3-5-15(17-14)12-6-7-16-13(10-12)8-9-18-16;1-10(2)12-7-13(9-16-8-12)11-3-5-14(15)6-4-11;1-10(2)14-9-12(7-8-16-14)11-3-5-13(15)6-4-11;1-10(2)11-7-5-9-16-14(11)12-6-3-4-8-13(12)15;1-10(2)12-6-13(9-16-8-12)11-4-3-5-14(15)7-11;1-10(2)14-9-12(6-7-16-14)11-4-3-5-13(15)8-11;1-10(2)14-9-11(7-8-16-14)12-5-3-4-6-13(12)15/h3-7,10-11H,8-9H2,1-2H3;6*3-10H,1-2H3. The molecule has 8 nitrogen and oxygen atoms in total. The molecule has 14 heteroatoms. The van der Waals surface area contributed by atoms with Crippen molar-refractivity contribution in [3.05, 3.63) is 367 Å². The molecular weight excluding hydrogens is 1530 g/mol. The van der Waals surface area contributed by atoms with Gasteiger partial charge in [-0.05, 0) is 248 Å². The van der Waals surface area contributed by atoms with E-state index in [4.69, 9.17) is 79.3 Å². The largest absolute Gasteiger partial charge is 0.493 e. The summed E-state index contributed by atoms with van der Waals surface area (Å²) < 4.78 is 5.53. The molecule has 0 saturated carbocycles. The molecule has 1 aliphatic rings. The van der Waals surface area contributed by atoms with Gasteiger partial charge in [-0.25, -0.2) is 0 Å². The third-order valence-corrected chi connectivity index (χ3v) is 20.4. The average molecular weight is 1630 g/mol. The first-order chi connectivity index (χ1) is 54.8. The number of pyridine rings is 7. The normalized spacial score (nSPS) is 11.2. The zero-order chi connectivity index (χ0) is 81.8. The number of fused-ring (bicyclic) bond motifs is 1. The Kier molecular flexibility index (Phi) is 34.1. The van der Waals surface area contributed by atoms with Crippen LogP contribution in [0, 0.1) is 0 Å². The molecule has 0 amide bonds. The lowest BCUT2D eigenvalue weighted by Crippen LogP contribution is -1.95. The molecule has 14 aromatic rings. The summed E-state index contributed by atoms with van der Waals surface area (Å²) in [5, 5.41) is 4.58. The van der Waals surface area contributed by atoms with Gasteiger partial charge in [0.1, 0.15) is 5.75 Å².